The van der Waals surface area contributed by atoms with Crippen molar-refractivity contribution in [3.63, 3.8) is 0 Å². The first-order valence-corrected chi connectivity index (χ1v) is 7.26. The second kappa shape index (κ2) is 8.21. The smallest absolute Gasteiger partial charge is 0.341 e. The molecule has 0 aliphatic carbocycles. The van der Waals surface area contributed by atoms with Crippen LogP contribution < -0.4 is 4.74 Å². The summed E-state index contributed by atoms with van der Waals surface area (Å²) in [5.74, 6) is -1.53. The second-order valence-corrected chi connectivity index (χ2v) is 5.06. The Hall–Kier alpha value is -3.99. The number of nitro groups is 1. The maximum Gasteiger partial charge on any atom is 0.341 e. The third-order valence-corrected chi connectivity index (χ3v) is 3.22. The molecule has 0 heterocycles. The summed E-state index contributed by atoms with van der Waals surface area (Å²) in [7, 11) is 0. The van der Waals surface area contributed by atoms with Crippen LogP contribution in [0.15, 0.2) is 54.1 Å². The molecule has 2 rings (SSSR count). The molecule has 26 heavy (non-hydrogen) atoms. The lowest BCUT2D eigenvalue weighted by Crippen LogP contribution is -2.09. The Kier molecular flexibility index (Phi) is 5.79. The molecule has 0 saturated carbocycles. The first-order chi connectivity index (χ1) is 12.4. The number of Topliss-reactive ketones (excluding diaryl/α,β-unsaturated/α-hetero) is 1. The lowest BCUT2D eigenvalue weighted by molar-refractivity contribution is -0.384. The second-order valence-electron chi connectivity index (χ2n) is 5.06. The van der Waals surface area contributed by atoms with Gasteiger partial charge < -0.3 is 9.84 Å². The molecule has 0 bridgehead atoms. The summed E-state index contributed by atoms with van der Waals surface area (Å²) in [4.78, 5) is 33.1. The average Bonchev–Trinajstić information content (AvgIpc) is 2.64. The monoisotopic (exact) mass is 352 g/mol. The van der Waals surface area contributed by atoms with E-state index in [1.807, 2.05) is 0 Å². The minimum atomic E-state index is -1.13. The standard InChI is InChI=1S/C18H12N2O6/c19-10-14(18(23)13-4-2-5-15(9-13)20(24)25)7-12-3-1-6-16(8-12)26-11-17(21)22/h1-9H,11H2,(H,21,22)/b14-7+. The van der Waals surface area contributed by atoms with Crippen molar-refractivity contribution in [2.45, 2.75) is 0 Å². The summed E-state index contributed by atoms with van der Waals surface area (Å²) in [6, 6.07) is 13.1. The molecule has 130 valence electrons. The van der Waals surface area contributed by atoms with E-state index in [2.05, 4.69) is 0 Å². The topological polar surface area (TPSA) is 131 Å². The Morgan fingerprint density at radius 1 is 1.23 bits per heavy atom. The molecule has 0 aliphatic rings. The minimum Gasteiger partial charge on any atom is -0.482 e. The van der Waals surface area contributed by atoms with Crippen LogP contribution in [0.25, 0.3) is 6.08 Å². The zero-order valence-corrected chi connectivity index (χ0v) is 13.3. The number of ether oxygens (including phenoxy) is 1. The molecule has 2 aromatic carbocycles. The van der Waals surface area contributed by atoms with Crippen LogP contribution in [-0.4, -0.2) is 28.4 Å². The maximum absolute atomic E-state index is 12.4. The maximum atomic E-state index is 12.4. The van der Waals surface area contributed by atoms with Crippen LogP contribution in [0.1, 0.15) is 15.9 Å². The normalized spacial score (nSPS) is 10.7. The van der Waals surface area contributed by atoms with Gasteiger partial charge in [-0.25, -0.2) is 4.79 Å². The number of carboxylic acid groups (broad SMARTS) is 1. The molecule has 0 aliphatic heterocycles. The van der Waals surface area contributed by atoms with Gasteiger partial charge in [0.2, 0.25) is 5.78 Å². The van der Waals surface area contributed by atoms with Gasteiger partial charge in [-0.2, -0.15) is 5.26 Å². The number of nitriles is 1. The molecule has 0 aromatic heterocycles. The number of nitrogens with zero attached hydrogens (tertiary/aromatic N) is 2. The van der Waals surface area contributed by atoms with Crippen LogP contribution in [0.5, 0.6) is 5.75 Å². The van der Waals surface area contributed by atoms with Crippen LogP contribution in [0.3, 0.4) is 0 Å². The van der Waals surface area contributed by atoms with Gasteiger partial charge in [-0.1, -0.05) is 24.3 Å². The molecule has 8 heteroatoms. The largest absolute Gasteiger partial charge is 0.482 e. The number of aliphatic carboxylic acids is 1. The SMILES string of the molecule is N#C/C(=C\c1cccc(OCC(=O)O)c1)C(=O)c1cccc([N+](=O)[O-])c1. The molecule has 0 unspecified atom stereocenters. The third kappa shape index (κ3) is 4.75. The van der Waals surface area contributed by atoms with Gasteiger partial charge >= 0.3 is 5.97 Å². The van der Waals surface area contributed by atoms with E-state index in [0.29, 0.717) is 5.56 Å². The predicted octanol–water partition coefficient (Wildman–Crippen LogP) is 2.85. The van der Waals surface area contributed by atoms with Crippen LogP contribution in [0.4, 0.5) is 5.69 Å². The fraction of sp³-hybridized carbons (Fsp3) is 0.0556. The fourth-order valence-corrected chi connectivity index (χ4v) is 2.07. The molecule has 0 fully saturated rings. The van der Waals surface area contributed by atoms with Gasteiger partial charge in [-0.3, -0.25) is 14.9 Å². The van der Waals surface area contributed by atoms with Crippen molar-refractivity contribution in [1.29, 1.82) is 5.26 Å². The van der Waals surface area contributed by atoms with Gasteiger partial charge in [0.15, 0.2) is 6.61 Å². The minimum absolute atomic E-state index is 0.0188. The lowest BCUT2D eigenvalue weighted by Gasteiger charge is -2.04. The summed E-state index contributed by atoms with van der Waals surface area (Å²) >= 11 is 0. The van der Waals surface area contributed by atoms with E-state index in [4.69, 9.17) is 9.84 Å². The Labute approximate surface area is 147 Å². The van der Waals surface area contributed by atoms with E-state index >= 15 is 0 Å². The molecule has 0 atom stereocenters. The van der Waals surface area contributed by atoms with Gasteiger partial charge in [0, 0.05) is 17.7 Å². The zero-order valence-electron chi connectivity index (χ0n) is 13.3. The number of hydrogen-bond acceptors (Lipinski definition) is 6. The molecule has 0 saturated heterocycles. The van der Waals surface area contributed by atoms with E-state index in [-0.39, 0.29) is 22.6 Å². The van der Waals surface area contributed by atoms with Crippen LogP contribution in [0.2, 0.25) is 0 Å². The summed E-state index contributed by atoms with van der Waals surface area (Å²) in [6.45, 7) is -0.523. The highest BCUT2D eigenvalue weighted by atomic mass is 16.6. The number of benzene rings is 2. The number of ketones is 1. The molecule has 2 aromatic rings. The Morgan fingerprint density at radius 3 is 2.62 bits per heavy atom. The molecular weight excluding hydrogens is 340 g/mol. The predicted molar refractivity (Wildman–Crippen MR) is 90.6 cm³/mol. The van der Waals surface area contributed by atoms with Crippen molar-refractivity contribution in [2.75, 3.05) is 6.61 Å². The number of carbonyl (C=O) groups is 2. The van der Waals surface area contributed by atoms with Crippen molar-refractivity contribution in [1.82, 2.24) is 0 Å². The van der Waals surface area contributed by atoms with Gasteiger partial charge in [0.25, 0.3) is 5.69 Å². The van der Waals surface area contributed by atoms with Crippen molar-refractivity contribution in [3.05, 3.63) is 75.3 Å². The third-order valence-electron chi connectivity index (χ3n) is 3.22. The molecule has 0 spiro atoms. The Morgan fingerprint density at radius 2 is 1.96 bits per heavy atom. The molecule has 8 nitrogen and oxygen atoms in total. The number of allylic oxidation sites excluding steroid dienone is 1. The highest BCUT2D eigenvalue weighted by Gasteiger charge is 2.15. The highest BCUT2D eigenvalue weighted by Crippen LogP contribution is 2.20. The Bertz CT molecular complexity index is 943. The number of non-ortho nitro benzene ring substituents is 1. The average molecular weight is 352 g/mol. The summed E-state index contributed by atoms with van der Waals surface area (Å²) < 4.78 is 5.04. The van der Waals surface area contributed by atoms with Crippen LogP contribution in [0, 0.1) is 21.4 Å². The number of carbonyl (C=O) groups excluding carboxylic acids is 1. The molecule has 0 radical (unpaired) electrons. The van der Waals surface area contributed by atoms with Crippen molar-refractivity contribution in [2.24, 2.45) is 0 Å². The first-order valence-electron chi connectivity index (χ1n) is 7.26. The van der Waals surface area contributed by atoms with Crippen LogP contribution in [-0.2, 0) is 4.79 Å². The molecule has 1 N–H and O–H groups in total. The van der Waals surface area contributed by atoms with E-state index in [9.17, 15) is 25.0 Å². The molecular formula is C18H12N2O6. The first kappa shape index (κ1) is 18.4. The summed E-state index contributed by atoms with van der Waals surface area (Å²) in [5.41, 5.74) is -0.00779. The van der Waals surface area contributed by atoms with Gasteiger partial charge in [0.1, 0.15) is 17.4 Å². The van der Waals surface area contributed by atoms with Crippen molar-refractivity contribution >= 4 is 23.5 Å². The van der Waals surface area contributed by atoms with E-state index in [1.54, 1.807) is 18.2 Å². The quantitative estimate of drug-likeness (QED) is 0.266. The Balaban J connectivity index is 2.30. The van der Waals surface area contributed by atoms with Gasteiger partial charge in [-0.05, 0) is 23.8 Å². The number of hydrogen-bond donors (Lipinski definition) is 1. The van der Waals surface area contributed by atoms with Crippen LogP contribution >= 0.6 is 0 Å². The lowest BCUT2D eigenvalue weighted by atomic mass is 10.0. The number of carboxylic acids is 1. The van der Waals surface area contributed by atoms with E-state index in [0.717, 1.165) is 6.07 Å². The molecule has 0 amide bonds. The van der Waals surface area contributed by atoms with Crippen molar-refractivity contribution in [3.8, 4) is 11.8 Å². The van der Waals surface area contributed by atoms with E-state index < -0.39 is 23.3 Å². The van der Waals surface area contributed by atoms with Gasteiger partial charge in [0.05, 0.1) is 4.92 Å². The summed E-state index contributed by atoms with van der Waals surface area (Å²) in [6.07, 6.45) is 1.30. The number of nitro benzene ring substituents is 1. The summed E-state index contributed by atoms with van der Waals surface area (Å²) in [5, 5.41) is 28.7. The highest BCUT2D eigenvalue weighted by molar-refractivity contribution is 6.14. The van der Waals surface area contributed by atoms with Crippen molar-refractivity contribution < 1.29 is 24.4 Å². The van der Waals surface area contributed by atoms with E-state index in [1.165, 1.54) is 36.4 Å². The number of rotatable bonds is 7. The fourth-order valence-electron chi connectivity index (χ4n) is 2.07. The van der Waals surface area contributed by atoms with Gasteiger partial charge in [-0.15, -0.1) is 0 Å². The zero-order chi connectivity index (χ0) is 19.1.